The van der Waals surface area contributed by atoms with E-state index in [9.17, 15) is 14.7 Å². The van der Waals surface area contributed by atoms with E-state index in [0.29, 0.717) is 6.61 Å². The Morgan fingerprint density at radius 2 is 2.07 bits per heavy atom. The third-order valence-electron chi connectivity index (χ3n) is 7.57. The Kier molecular flexibility index (Phi) is 4.53. The number of fused-ring (bicyclic) bond motifs is 2. The van der Waals surface area contributed by atoms with E-state index in [1.165, 1.54) is 12.5 Å². The average molecular weight is 427 g/mol. The van der Waals surface area contributed by atoms with Gasteiger partial charge in [0.25, 0.3) is 5.79 Å². The van der Waals surface area contributed by atoms with Gasteiger partial charge < -0.3 is 24.1 Å². The second kappa shape index (κ2) is 6.30. The van der Waals surface area contributed by atoms with Crippen LogP contribution in [0.25, 0.3) is 0 Å². The Morgan fingerprint density at radius 3 is 2.62 bits per heavy atom. The zero-order chi connectivity index (χ0) is 21.4. The van der Waals surface area contributed by atoms with Crippen LogP contribution in [0.2, 0.25) is 0 Å². The summed E-state index contributed by atoms with van der Waals surface area (Å²) in [6.45, 7) is 11.4. The maximum atomic E-state index is 12.4. The first-order chi connectivity index (χ1) is 13.5. The molecular weight excluding hydrogens is 400 g/mol. The van der Waals surface area contributed by atoms with Crippen molar-refractivity contribution < 1.29 is 33.6 Å². The van der Waals surface area contributed by atoms with Crippen molar-refractivity contribution in [3.63, 3.8) is 0 Å². The topological polar surface area (TPSA) is 94.6 Å². The molecule has 3 fully saturated rings. The number of carbonyl (C=O) groups is 2. The van der Waals surface area contributed by atoms with Gasteiger partial charge in [0.1, 0.15) is 11.5 Å². The summed E-state index contributed by atoms with van der Waals surface area (Å²) in [5, 5.41) is 11.7. The SMILES string of the molecule is C=C(C)C(=O)O[C@@]1(O)[C@@H](OC(=O)CCl)[C@]2(C)[C@@]3(C)CCC(C)=C[C@H]3O[C@H]1[C@@]21CO1. The standard InChI is InChI=1S/C21H27ClO7/c1-11(2)15(24)29-21(25)16(28-14(23)9-22)19(5)18(4)7-6-12(3)8-13(18)27-17(21)20(19)10-26-20/h8,13,16-17,25H,1,6-7,9-10H2,2-5H3/t13-,16+,17+,18+,19-,20+,21+/m1/s1. The molecule has 29 heavy (non-hydrogen) atoms. The van der Waals surface area contributed by atoms with Crippen LogP contribution in [-0.4, -0.2) is 59.2 Å². The number of epoxide rings is 1. The number of alkyl halides is 1. The Labute approximate surface area is 175 Å². The largest absolute Gasteiger partial charge is 0.454 e. The molecule has 8 heteroatoms. The van der Waals surface area contributed by atoms with Gasteiger partial charge in [-0.2, -0.15) is 0 Å². The number of carbonyl (C=O) groups excluding carboxylic acids is 2. The van der Waals surface area contributed by atoms with Crippen LogP contribution < -0.4 is 0 Å². The highest BCUT2D eigenvalue weighted by Gasteiger charge is 2.90. The van der Waals surface area contributed by atoms with Crippen molar-refractivity contribution in [1.29, 1.82) is 0 Å². The zero-order valence-electron chi connectivity index (χ0n) is 17.1. The molecule has 2 aliphatic carbocycles. The predicted molar refractivity (Wildman–Crippen MR) is 103 cm³/mol. The third kappa shape index (κ3) is 2.48. The Balaban J connectivity index is 1.89. The van der Waals surface area contributed by atoms with Crippen molar-refractivity contribution in [3.05, 3.63) is 23.8 Å². The minimum absolute atomic E-state index is 0.109. The second-order valence-corrected chi connectivity index (χ2v) is 9.44. The molecule has 1 saturated carbocycles. The molecule has 4 aliphatic rings. The van der Waals surface area contributed by atoms with Crippen LogP contribution in [0.4, 0.5) is 0 Å². The minimum Gasteiger partial charge on any atom is -0.454 e. The van der Waals surface area contributed by atoms with Gasteiger partial charge in [0.15, 0.2) is 12.2 Å². The lowest BCUT2D eigenvalue weighted by atomic mass is 9.52. The van der Waals surface area contributed by atoms with Gasteiger partial charge in [-0.25, -0.2) is 4.79 Å². The van der Waals surface area contributed by atoms with Crippen LogP contribution in [-0.2, 0) is 28.5 Å². The number of ether oxygens (including phenoxy) is 4. The first-order valence-corrected chi connectivity index (χ1v) is 10.3. The Morgan fingerprint density at radius 1 is 1.41 bits per heavy atom. The number of esters is 2. The van der Waals surface area contributed by atoms with Gasteiger partial charge in [0, 0.05) is 11.0 Å². The Bertz CT molecular complexity index is 818. The van der Waals surface area contributed by atoms with E-state index in [1.807, 2.05) is 26.8 Å². The highest BCUT2D eigenvalue weighted by molar-refractivity contribution is 6.26. The van der Waals surface area contributed by atoms with E-state index >= 15 is 0 Å². The summed E-state index contributed by atoms with van der Waals surface area (Å²) in [6.07, 6.45) is 1.04. The molecule has 1 N–H and O–H groups in total. The van der Waals surface area contributed by atoms with Gasteiger partial charge in [0.2, 0.25) is 0 Å². The van der Waals surface area contributed by atoms with Crippen LogP contribution in [0.3, 0.4) is 0 Å². The number of rotatable bonds is 4. The molecule has 1 spiro atoms. The molecule has 160 valence electrons. The van der Waals surface area contributed by atoms with Gasteiger partial charge in [-0.05, 0) is 26.7 Å². The van der Waals surface area contributed by atoms with E-state index in [1.54, 1.807) is 0 Å². The fourth-order valence-electron chi connectivity index (χ4n) is 5.62. The first kappa shape index (κ1) is 20.8. The number of aliphatic hydroxyl groups is 1. The minimum atomic E-state index is -2.23. The van der Waals surface area contributed by atoms with Crippen LogP contribution in [0, 0.1) is 10.8 Å². The molecule has 7 atom stereocenters. The maximum Gasteiger partial charge on any atom is 0.335 e. The molecule has 0 radical (unpaired) electrons. The quantitative estimate of drug-likeness (QED) is 0.184. The molecule has 2 bridgehead atoms. The Hall–Kier alpha value is -1.41. The van der Waals surface area contributed by atoms with Gasteiger partial charge in [0.05, 0.1) is 18.1 Å². The van der Waals surface area contributed by atoms with E-state index in [4.69, 9.17) is 30.5 Å². The van der Waals surface area contributed by atoms with Gasteiger partial charge in [-0.15, -0.1) is 11.6 Å². The summed E-state index contributed by atoms with van der Waals surface area (Å²) < 4.78 is 23.5. The average Bonchev–Trinajstić information content (AvgIpc) is 3.44. The van der Waals surface area contributed by atoms with Crippen molar-refractivity contribution >= 4 is 23.5 Å². The van der Waals surface area contributed by atoms with Crippen LogP contribution in [0.5, 0.6) is 0 Å². The number of allylic oxidation sites excluding steroid dienone is 1. The normalized spacial score (nSPS) is 47.2. The molecule has 4 rings (SSSR count). The predicted octanol–water partition coefficient (Wildman–Crippen LogP) is 2.25. The maximum absolute atomic E-state index is 12.4. The smallest absolute Gasteiger partial charge is 0.335 e. The molecule has 0 unspecified atom stereocenters. The van der Waals surface area contributed by atoms with Gasteiger partial charge in [-0.1, -0.05) is 32.1 Å². The lowest BCUT2D eigenvalue weighted by Gasteiger charge is -2.56. The van der Waals surface area contributed by atoms with E-state index in [2.05, 4.69) is 6.58 Å². The molecule has 2 saturated heterocycles. The van der Waals surface area contributed by atoms with Gasteiger partial charge >= 0.3 is 11.9 Å². The van der Waals surface area contributed by atoms with E-state index in [-0.39, 0.29) is 11.7 Å². The fraction of sp³-hybridized carbons (Fsp3) is 0.714. The molecule has 7 nitrogen and oxygen atoms in total. The second-order valence-electron chi connectivity index (χ2n) is 9.17. The summed E-state index contributed by atoms with van der Waals surface area (Å²) in [6, 6.07) is 0. The summed E-state index contributed by atoms with van der Waals surface area (Å²) in [4.78, 5) is 24.7. The van der Waals surface area contributed by atoms with Crippen molar-refractivity contribution in [3.8, 4) is 0 Å². The fourth-order valence-corrected chi connectivity index (χ4v) is 5.69. The number of hydrogen-bond acceptors (Lipinski definition) is 7. The summed E-state index contributed by atoms with van der Waals surface area (Å²) in [5.41, 5.74) is -1.05. The molecule has 0 aromatic carbocycles. The van der Waals surface area contributed by atoms with E-state index < -0.39 is 52.2 Å². The van der Waals surface area contributed by atoms with Crippen molar-refractivity contribution in [2.45, 2.75) is 70.2 Å². The summed E-state index contributed by atoms with van der Waals surface area (Å²) in [7, 11) is 0. The van der Waals surface area contributed by atoms with Crippen LogP contribution in [0.1, 0.15) is 40.5 Å². The lowest BCUT2D eigenvalue weighted by Crippen LogP contribution is -2.63. The molecule has 2 heterocycles. The highest BCUT2D eigenvalue weighted by Crippen LogP contribution is 2.74. The zero-order valence-corrected chi connectivity index (χ0v) is 17.9. The first-order valence-electron chi connectivity index (χ1n) is 9.79. The number of hydrogen-bond donors (Lipinski definition) is 1. The molecule has 0 aromatic rings. The molecular formula is C21H27ClO7. The molecule has 0 amide bonds. The van der Waals surface area contributed by atoms with Crippen LogP contribution in [0.15, 0.2) is 23.8 Å². The van der Waals surface area contributed by atoms with Gasteiger partial charge in [-0.3, -0.25) is 4.79 Å². The summed E-state index contributed by atoms with van der Waals surface area (Å²) in [5.74, 6) is -4.13. The van der Waals surface area contributed by atoms with E-state index in [0.717, 1.165) is 12.8 Å². The monoisotopic (exact) mass is 426 g/mol. The third-order valence-corrected chi connectivity index (χ3v) is 7.79. The molecule has 0 aromatic heterocycles. The van der Waals surface area contributed by atoms with Crippen molar-refractivity contribution in [1.82, 2.24) is 0 Å². The summed E-state index contributed by atoms with van der Waals surface area (Å²) >= 11 is 5.70. The van der Waals surface area contributed by atoms with Crippen molar-refractivity contribution in [2.75, 3.05) is 12.5 Å². The lowest BCUT2D eigenvalue weighted by molar-refractivity contribution is -0.281. The van der Waals surface area contributed by atoms with Crippen LogP contribution >= 0.6 is 11.6 Å². The van der Waals surface area contributed by atoms with Crippen molar-refractivity contribution in [2.24, 2.45) is 10.8 Å². The number of halogens is 1. The molecule has 2 aliphatic heterocycles. The highest BCUT2D eigenvalue weighted by atomic mass is 35.5.